The van der Waals surface area contributed by atoms with Crippen LogP contribution in [0.2, 0.25) is 0 Å². The van der Waals surface area contributed by atoms with Gasteiger partial charge in [0.1, 0.15) is 17.6 Å². The Bertz CT molecular complexity index is 1280. The lowest BCUT2D eigenvalue weighted by Crippen LogP contribution is -2.56. The number of piperidine rings is 2. The Hall–Kier alpha value is -3.37. The van der Waals surface area contributed by atoms with Crippen molar-refractivity contribution < 1.29 is 19.1 Å². The van der Waals surface area contributed by atoms with Gasteiger partial charge in [-0.2, -0.15) is 0 Å². The molecule has 0 aliphatic carbocycles. The van der Waals surface area contributed by atoms with Crippen molar-refractivity contribution in [1.82, 2.24) is 14.8 Å². The first kappa shape index (κ1) is 28.7. The molecule has 3 fully saturated rings. The van der Waals surface area contributed by atoms with E-state index < -0.39 is 0 Å². The number of hydrogen-bond donors (Lipinski definition) is 1. The number of fused-ring (bicyclic) bond motifs is 1. The maximum Gasteiger partial charge on any atom is 0.253 e. The van der Waals surface area contributed by atoms with Crippen LogP contribution in [0, 0.1) is 0 Å². The second kappa shape index (κ2) is 12.5. The first-order valence-corrected chi connectivity index (χ1v) is 15.6. The van der Waals surface area contributed by atoms with Crippen molar-refractivity contribution in [3.63, 3.8) is 0 Å². The molecule has 6 rings (SSSR count). The van der Waals surface area contributed by atoms with Gasteiger partial charge in [-0.15, -0.1) is 0 Å². The first-order chi connectivity index (χ1) is 20.4. The maximum absolute atomic E-state index is 13.4. The Morgan fingerprint density at radius 1 is 0.976 bits per heavy atom. The van der Waals surface area contributed by atoms with Gasteiger partial charge in [0.05, 0.1) is 18.5 Å². The largest absolute Gasteiger partial charge is 0.495 e. The fraction of sp³-hybridized carbons (Fsp3) is 0.594. The minimum Gasteiger partial charge on any atom is -0.495 e. The number of carbonyl (C=O) groups is 2. The van der Waals surface area contributed by atoms with Crippen molar-refractivity contribution in [2.24, 2.45) is 0 Å². The number of benzene rings is 1. The van der Waals surface area contributed by atoms with Crippen LogP contribution in [0.15, 0.2) is 30.3 Å². The molecule has 0 unspecified atom stereocenters. The van der Waals surface area contributed by atoms with Gasteiger partial charge in [0, 0.05) is 51.0 Å². The number of likely N-dealkylation sites (tertiary alicyclic amines) is 2. The smallest absolute Gasteiger partial charge is 0.253 e. The predicted octanol–water partition coefficient (Wildman–Crippen LogP) is 4.27. The van der Waals surface area contributed by atoms with Crippen LogP contribution in [0.4, 0.5) is 23.0 Å². The Balaban J connectivity index is 1.17. The Kier molecular flexibility index (Phi) is 8.53. The second-order valence-corrected chi connectivity index (χ2v) is 12.0. The number of pyridine rings is 1. The third kappa shape index (κ3) is 5.66. The van der Waals surface area contributed by atoms with E-state index in [0.29, 0.717) is 36.4 Å². The molecule has 4 aliphatic heterocycles. The Morgan fingerprint density at radius 3 is 2.43 bits per heavy atom. The number of rotatable bonds is 6. The number of methoxy groups -OCH3 is 1. The fourth-order valence-corrected chi connectivity index (χ4v) is 7.08. The molecule has 3 saturated heterocycles. The number of nitrogens with one attached hydrogen (secondary N) is 1. The van der Waals surface area contributed by atoms with Crippen LogP contribution in [-0.4, -0.2) is 98.3 Å². The third-order valence-corrected chi connectivity index (χ3v) is 9.52. The zero-order valence-electron chi connectivity index (χ0n) is 25.2. The van der Waals surface area contributed by atoms with E-state index in [9.17, 15) is 9.59 Å². The SMILES string of the molecule is COc1cc(C(=O)N2CCC(N3CCCCC3)CC2)ccc1Nc1ccc2c(n1)N(C1CCOCC1)[C@H](C)C(=O)N2C. The Labute approximate surface area is 248 Å². The number of hydrogen-bond acceptors (Lipinski definition) is 8. The lowest BCUT2D eigenvalue weighted by Gasteiger charge is -2.44. The van der Waals surface area contributed by atoms with Crippen LogP contribution in [0.3, 0.4) is 0 Å². The van der Waals surface area contributed by atoms with Gasteiger partial charge in [-0.05, 0) is 88.9 Å². The number of likely N-dealkylation sites (N-methyl/N-ethyl adjacent to an activating group) is 1. The number of aromatic nitrogens is 1. The molecule has 0 saturated carbocycles. The lowest BCUT2D eigenvalue weighted by atomic mass is 9.99. The molecule has 0 radical (unpaired) electrons. The molecule has 1 aromatic carbocycles. The molecule has 4 aliphatic rings. The van der Waals surface area contributed by atoms with Crippen LogP contribution in [0.5, 0.6) is 5.75 Å². The number of anilines is 4. The average molecular weight is 577 g/mol. The van der Waals surface area contributed by atoms with Gasteiger partial charge in [0.15, 0.2) is 5.82 Å². The molecule has 10 nitrogen and oxygen atoms in total. The van der Waals surface area contributed by atoms with E-state index in [1.807, 2.05) is 49.2 Å². The molecule has 2 amide bonds. The van der Waals surface area contributed by atoms with Crippen LogP contribution < -0.4 is 19.9 Å². The molecule has 2 aromatic rings. The Morgan fingerprint density at radius 2 is 1.71 bits per heavy atom. The summed E-state index contributed by atoms with van der Waals surface area (Å²) in [4.78, 5) is 40.0. The first-order valence-electron chi connectivity index (χ1n) is 15.6. The summed E-state index contributed by atoms with van der Waals surface area (Å²) in [5.41, 5.74) is 2.16. The highest BCUT2D eigenvalue weighted by Gasteiger charge is 2.39. The minimum atomic E-state index is -0.307. The van der Waals surface area contributed by atoms with E-state index in [0.717, 1.165) is 56.0 Å². The van der Waals surface area contributed by atoms with Gasteiger partial charge >= 0.3 is 0 Å². The minimum absolute atomic E-state index is 0.0534. The van der Waals surface area contributed by atoms with Gasteiger partial charge in [-0.1, -0.05) is 6.42 Å². The number of ether oxygens (including phenoxy) is 2. The molecule has 1 atom stereocenters. The topological polar surface area (TPSA) is 90.5 Å². The van der Waals surface area contributed by atoms with E-state index in [1.54, 1.807) is 12.0 Å². The van der Waals surface area contributed by atoms with Crippen LogP contribution in [-0.2, 0) is 9.53 Å². The highest BCUT2D eigenvalue weighted by molar-refractivity contribution is 6.04. The molecule has 5 heterocycles. The van der Waals surface area contributed by atoms with Gasteiger partial charge in [-0.25, -0.2) is 4.98 Å². The third-order valence-electron chi connectivity index (χ3n) is 9.52. The molecule has 1 aromatic heterocycles. The number of carbonyl (C=O) groups excluding carboxylic acids is 2. The summed E-state index contributed by atoms with van der Waals surface area (Å²) in [6, 6.07) is 9.89. The fourth-order valence-electron chi connectivity index (χ4n) is 7.08. The van der Waals surface area contributed by atoms with Crippen molar-refractivity contribution >= 4 is 34.8 Å². The molecule has 10 heteroatoms. The van der Waals surface area contributed by atoms with Crippen molar-refractivity contribution in [2.75, 3.05) is 68.7 Å². The van der Waals surface area contributed by atoms with Gasteiger partial charge in [0.2, 0.25) is 5.91 Å². The summed E-state index contributed by atoms with van der Waals surface area (Å²) in [5.74, 6) is 2.15. The normalized spacial score (nSPS) is 22.7. The van der Waals surface area contributed by atoms with Crippen molar-refractivity contribution in [3.8, 4) is 5.75 Å². The predicted molar refractivity (Wildman–Crippen MR) is 164 cm³/mol. The number of nitrogens with zero attached hydrogens (tertiary/aromatic N) is 5. The van der Waals surface area contributed by atoms with Crippen molar-refractivity contribution in [1.29, 1.82) is 0 Å². The summed E-state index contributed by atoms with van der Waals surface area (Å²) in [6.07, 6.45) is 7.73. The summed E-state index contributed by atoms with van der Waals surface area (Å²) >= 11 is 0. The zero-order valence-corrected chi connectivity index (χ0v) is 25.2. The average Bonchev–Trinajstić information content (AvgIpc) is 3.04. The molecule has 0 spiro atoms. The van der Waals surface area contributed by atoms with Crippen LogP contribution >= 0.6 is 0 Å². The van der Waals surface area contributed by atoms with Gasteiger partial charge < -0.3 is 34.4 Å². The van der Waals surface area contributed by atoms with E-state index in [2.05, 4.69) is 15.1 Å². The second-order valence-electron chi connectivity index (χ2n) is 12.0. The zero-order chi connectivity index (χ0) is 29.2. The van der Waals surface area contributed by atoms with Crippen LogP contribution in [0.25, 0.3) is 0 Å². The van der Waals surface area contributed by atoms with E-state index >= 15 is 0 Å². The van der Waals surface area contributed by atoms with Gasteiger partial charge in [-0.3, -0.25) is 9.59 Å². The van der Waals surface area contributed by atoms with E-state index in [1.165, 1.54) is 32.4 Å². The van der Waals surface area contributed by atoms with E-state index in [-0.39, 0.29) is 23.9 Å². The van der Waals surface area contributed by atoms with Crippen molar-refractivity contribution in [2.45, 2.75) is 70.0 Å². The summed E-state index contributed by atoms with van der Waals surface area (Å²) in [6.45, 7) is 7.30. The lowest BCUT2D eigenvalue weighted by molar-refractivity contribution is -0.119. The molecule has 226 valence electrons. The van der Waals surface area contributed by atoms with Crippen LogP contribution in [0.1, 0.15) is 62.2 Å². The van der Waals surface area contributed by atoms with Crippen molar-refractivity contribution in [3.05, 3.63) is 35.9 Å². The molecular formula is C32H44N6O4. The highest BCUT2D eigenvalue weighted by Crippen LogP contribution is 2.39. The number of amides is 2. The standard InChI is InChI=1S/C32H44N6O4/c1-22-31(39)35(2)27-9-10-29(34-30(27)38(22)25-13-19-42-20-14-25)33-26-8-7-23(21-28(26)41-3)32(40)37-17-11-24(12-18-37)36-15-5-4-6-16-36/h7-10,21-22,24-25H,4-6,11-20H2,1-3H3,(H,33,34)/t22-/m1/s1. The van der Waals surface area contributed by atoms with Gasteiger partial charge in [0.25, 0.3) is 5.91 Å². The quantitative estimate of drug-likeness (QED) is 0.545. The maximum atomic E-state index is 13.4. The summed E-state index contributed by atoms with van der Waals surface area (Å²) < 4.78 is 11.3. The molecule has 1 N–H and O–H groups in total. The monoisotopic (exact) mass is 576 g/mol. The molecular weight excluding hydrogens is 532 g/mol. The molecule has 0 bridgehead atoms. The molecule has 42 heavy (non-hydrogen) atoms. The van der Waals surface area contributed by atoms with E-state index in [4.69, 9.17) is 14.5 Å². The highest BCUT2D eigenvalue weighted by atomic mass is 16.5. The summed E-state index contributed by atoms with van der Waals surface area (Å²) in [5, 5.41) is 3.40. The summed E-state index contributed by atoms with van der Waals surface area (Å²) in [7, 11) is 3.43.